The summed E-state index contributed by atoms with van der Waals surface area (Å²) in [6.45, 7) is 3.87. The van der Waals surface area contributed by atoms with Gasteiger partial charge in [0, 0.05) is 12.6 Å². The summed E-state index contributed by atoms with van der Waals surface area (Å²) in [6, 6.07) is 1.84. The van der Waals surface area contributed by atoms with E-state index >= 15 is 0 Å². The number of aryl methyl sites for hydroxylation is 1. The third-order valence-electron chi connectivity index (χ3n) is 2.06. The molecule has 4 heteroatoms. The molecule has 0 aliphatic carbocycles. The van der Waals surface area contributed by atoms with Crippen molar-refractivity contribution in [3.05, 3.63) is 17.8 Å². The minimum Gasteiger partial charge on any atom is -0.480 e. The van der Waals surface area contributed by atoms with E-state index in [9.17, 15) is 4.79 Å². The lowest BCUT2D eigenvalue weighted by molar-refractivity contribution is -0.116. The molecule has 0 saturated heterocycles. The highest BCUT2D eigenvalue weighted by Crippen LogP contribution is 2.24. The SMILES string of the molecule is CCCC(=O)Nc1c(C)ccnc1OC. The van der Waals surface area contributed by atoms with Gasteiger partial charge in [0.2, 0.25) is 11.8 Å². The third kappa shape index (κ3) is 2.94. The lowest BCUT2D eigenvalue weighted by Gasteiger charge is -2.11. The van der Waals surface area contributed by atoms with Gasteiger partial charge in [-0.05, 0) is 25.0 Å². The van der Waals surface area contributed by atoms with Crippen LogP contribution in [-0.4, -0.2) is 18.0 Å². The molecule has 1 aromatic heterocycles. The summed E-state index contributed by atoms with van der Waals surface area (Å²) in [7, 11) is 1.54. The fourth-order valence-electron chi connectivity index (χ4n) is 1.27. The van der Waals surface area contributed by atoms with Gasteiger partial charge in [-0.1, -0.05) is 6.92 Å². The maximum absolute atomic E-state index is 11.4. The smallest absolute Gasteiger partial charge is 0.237 e. The molecule has 1 heterocycles. The Morgan fingerprint density at radius 1 is 1.60 bits per heavy atom. The summed E-state index contributed by atoms with van der Waals surface area (Å²) >= 11 is 0. The van der Waals surface area contributed by atoms with Gasteiger partial charge >= 0.3 is 0 Å². The number of hydrogen-bond acceptors (Lipinski definition) is 3. The molecule has 0 atom stereocenters. The topological polar surface area (TPSA) is 51.2 Å². The van der Waals surface area contributed by atoms with Crippen molar-refractivity contribution in [1.29, 1.82) is 0 Å². The zero-order chi connectivity index (χ0) is 11.3. The van der Waals surface area contributed by atoms with Crippen LogP contribution in [-0.2, 0) is 4.79 Å². The monoisotopic (exact) mass is 208 g/mol. The summed E-state index contributed by atoms with van der Waals surface area (Å²) in [5.74, 6) is 0.450. The van der Waals surface area contributed by atoms with Crippen molar-refractivity contribution in [3.63, 3.8) is 0 Å². The summed E-state index contributed by atoms with van der Waals surface area (Å²) in [4.78, 5) is 15.5. The van der Waals surface area contributed by atoms with Gasteiger partial charge in [0.05, 0.1) is 7.11 Å². The molecule has 1 amide bonds. The maximum atomic E-state index is 11.4. The fourth-order valence-corrected chi connectivity index (χ4v) is 1.27. The molecule has 15 heavy (non-hydrogen) atoms. The van der Waals surface area contributed by atoms with Crippen LogP contribution in [0.3, 0.4) is 0 Å². The Morgan fingerprint density at radius 3 is 2.93 bits per heavy atom. The molecule has 0 fully saturated rings. The zero-order valence-electron chi connectivity index (χ0n) is 9.33. The van der Waals surface area contributed by atoms with Gasteiger partial charge < -0.3 is 10.1 Å². The van der Waals surface area contributed by atoms with E-state index in [1.165, 1.54) is 7.11 Å². The molecular formula is C11H16N2O2. The van der Waals surface area contributed by atoms with Crippen LogP contribution in [0.25, 0.3) is 0 Å². The van der Waals surface area contributed by atoms with E-state index in [2.05, 4.69) is 10.3 Å². The second-order valence-corrected chi connectivity index (χ2v) is 3.31. The van der Waals surface area contributed by atoms with Crippen molar-refractivity contribution in [3.8, 4) is 5.88 Å². The van der Waals surface area contributed by atoms with Crippen molar-refractivity contribution < 1.29 is 9.53 Å². The number of rotatable bonds is 4. The average Bonchev–Trinajstić information content (AvgIpc) is 2.21. The molecule has 0 aliphatic heterocycles. The Hall–Kier alpha value is -1.58. The first kappa shape index (κ1) is 11.5. The van der Waals surface area contributed by atoms with Crippen LogP contribution in [0.15, 0.2) is 12.3 Å². The summed E-state index contributed by atoms with van der Waals surface area (Å²) in [5.41, 5.74) is 1.62. The summed E-state index contributed by atoms with van der Waals surface area (Å²) in [5, 5.41) is 2.80. The van der Waals surface area contributed by atoms with E-state index in [1.807, 2.05) is 19.9 Å². The van der Waals surface area contributed by atoms with Gasteiger partial charge in [0.25, 0.3) is 0 Å². The molecule has 0 bridgehead atoms. The number of nitrogens with one attached hydrogen (secondary N) is 1. The van der Waals surface area contributed by atoms with E-state index in [0.717, 1.165) is 12.0 Å². The Morgan fingerprint density at radius 2 is 2.33 bits per heavy atom. The molecule has 0 radical (unpaired) electrons. The highest BCUT2D eigenvalue weighted by molar-refractivity contribution is 5.92. The maximum Gasteiger partial charge on any atom is 0.237 e. The summed E-state index contributed by atoms with van der Waals surface area (Å²) < 4.78 is 5.08. The van der Waals surface area contributed by atoms with E-state index in [4.69, 9.17) is 4.74 Å². The normalized spacial score (nSPS) is 9.80. The first-order valence-corrected chi connectivity index (χ1v) is 4.98. The number of anilines is 1. The lowest BCUT2D eigenvalue weighted by Crippen LogP contribution is -2.13. The predicted molar refractivity (Wildman–Crippen MR) is 59.1 cm³/mol. The number of aromatic nitrogens is 1. The van der Waals surface area contributed by atoms with E-state index in [1.54, 1.807) is 6.20 Å². The first-order valence-electron chi connectivity index (χ1n) is 4.98. The highest BCUT2D eigenvalue weighted by atomic mass is 16.5. The van der Waals surface area contributed by atoms with Gasteiger partial charge in [-0.15, -0.1) is 0 Å². The quantitative estimate of drug-likeness (QED) is 0.824. The third-order valence-corrected chi connectivity index (χ3v) is 2.06. The predicted octanol–water partition coefficient (Wildman–Crippen LogP) is 2.14. The second kappa shape index (κ2) is 5.34. The number of ether oxygens (including phenoxy) is 1. The molecule has 1 aromatic rings. The van der Waals surface area contributed by atoms with Crippen LogP contribution in [0.1, 0.15) is 25.3 Å². The lowest BCUT2D eigenvalue weighted by atomic mass is 10.2. The van der Waals surface area contributed by atoms with Crippen molar-refractivity contribution in [2.24, 2.45) is 0 Å². The van der Waals surface area contributed by atoms with Gasteiger partial charge in [-0.25, -0.2) is 4.98 Å². The fraction of sp³-hybridized carbons (Fsp3) is 0.455. The number of methoxy groups -OCH3 is 1. The van der Waals surface area contributed by atoms with E-state index < -0.39 is 0 Å². The summed E-state index contributed by atoms with van der Waals surface area (Å²) in [6.07, 6.45) is 2.99. The number of carbonyl (C=O) groups excluding carboxylic acids is 1. The van der Waals surface area contributed by atoms with Crippen molar-refractivity contribution >= 4 is 11.6 Å². The highest BCUT2D eigenvalue weighted by Gasteiger charge is 2.10. The van der Waals surface area contributed by atoms with Crippen molar-refractivity contribution in [1.82, 2.24) is 4.98 Å². The van der Waals surface area contributed by atoms with Crippen LogP contribution < -0.4 is 10.1 Å². The van der Waals surface area contributed by atoms with Gasteiger partial charge in [0.15, 0.2) is 0 Å². The zero-order valence-corrected chi connectivity index (χ0v) is 9.33. The Balaban J connectivity index is 2.87. The van der Waals surface area contributed by atoms with Gasteiger partial charge in [0.1, 0.15) is 5.69 Å². The number of pyridine rings is 1. The minimum atomic E-state index is -0.00750. The molecule has 1 rings (SSSR count). The minimum absolute atomic E-state index is 0.00750. The van der Waals surface area contributed by atoms with E-state index in [-0.39, 0.29) is 5.91 Å². The molecule has 0 spiro atoms. The van der Waals surface area contributed by atoms with Gasteiger partial charge in [-0.3, -0.25) is 4.79 Å². The van der Waals surface area contributed by atoms with Crippen LogP contribution in [0.5, 0.6) is 5.88 Å². The van der Waals surface area contributed by atoms with Crippen molar-refractivity contribution in [2.75, 3.05) is 12.4 Å². The van der Waals surface area contributed by atoms with Crippen LogP contribution in [0.4, 0.5) is 5.69 Å². The molecular weight excluding hydrogens is 192 g/mol. The first-order chi connectivity index (χ1) is 7.19. The number of amides is 1. The molecule has 0 aromatic carbocycles. The Bertz CT molecular complexity index is 350. The second-order valence-electron chi connectivity index (χ2n) is 3.31. The van der Waals surface area contributed by atoms with Crippen LogP contribution in [0.2, 0.25) is 0 Å². The molecule has 0 unspecified atom stereocenters. The van der Waals surface area contributed by atoms with Crippen molar-refractivity contribution in [2.45, 2.75) is 26.7 Å². The average molecular weight is 208 g/mol. The largest absolute Gasteiger partial charge is 0.480 e. The van der Waals surface area contributed by atoms with E-state index in [0.29, 0.717) is 18.0 Å². The standard InChI is InChI=1S/C11H16N2O2/c1-4-5-9(14)13-10-8(2)6-7-12-11(10)15-3/h6-7H,4-5H2,1-3H3,(H,13,14). The number of nitrogens with zero attached hydrogens (tertiary/aromatic N) is 1. The molecule has 82 valence electrons. The van der Waals surface area contributed by atoms with Crippen LogP contribution >= 0.6 is 0 Å². The Kier molecular flexibility index (Phi) is 4.09. The molecule has 0 saturated carbocycles. The Labute approximate surface area is 89.7 Å². The van der Waals surface area contributed by atoms with Crippen LogP contribution in [0, 0.1) is 6.92 Å². The number of hydrogen-bond donors (Lipinski definition) is 1. The van der Waals surface area contributed by atoms with Gasteiger partial charge in [-0.2, -0.15) is 0 Å². The number of carbonyl (C=O) groups is 1. The molecule has 0 aliphatic rings. The molecule has 1 N–H and O–H groups in total. The molecule has 4 nitrogen and oxygen atoms in total.